The van der Waals surface area contributed by atoms with Gasteiger partial charge in [-0.3, -0.25) is 4.79 Å². The minimum absolute atomic E-state index is 0. The first-order chi connectivity index (χ1) is 7.43. The van der Waals surface area contributed by atoms with E-state index in [4.69, 9.17) is 17.3 Å². The number of hydrogen-bond donors (Lipinski definition) is 2. The summed E-state index contributed by atoms with van der Waals surface area (Å²) in [5.74, 6) is -0.0298. The molecule has 0 aliphatic heterocycles. The van der Waals surface area contributed by atoms with Crippen LogP contribution in [0.5, 0.6) is 0 Å². The zero-order valence-corrected chi connectivity index (χ0v) is 11.6. The monoisotopic (exact) mass is 276 g/mol. The molecule has 0 bridgehead atoms. The van der Waals surface area contributed by atoms with Gasteiger partial charge in [-0.05, 0) is 31.5 Å². The smallest absolute Gasteiger partial charge is 0.224 e. The molecule has 3 nitrogen and oxygen atoms in total. The number of rotatable bonds is 4. The molecule has 1 aromatic carbocycles. The normalized spacial score (nSPS) is 10.6. The molecule has 17 heavy (non-hydrogen) atoms. The van der Waals surface area contributed by atoms with Crippen molar-refractivity contribution < 1.29 is 4.79 Å². The summed E-state index contributed by atoms with van der Waals surface area (Å²) in [7, 11) is 0. The van der Waals surface area contributed by atoms with Crippen LogP contribution in [0.25, 0.3) is 0 Å². The third-order valence-corrected chi connectivity index (χ3v) is 2.52. The summed E-state index contributed by atoms with van der Waals surface area (Å²) in [6.07, 6.45) is 0.348. The van der Waals surface area contributed by atoms with Crippen molar-refractivity contribution in [2.75, 3.05) is 6.54 Å². The molecule has 0 radical (unpaired) electrons. The molecule has 0 saturated heterocycles. The minimum atomic E-state index is -0.358. The fourth-order valence-corrected chi connectivity index (χ4v) is 1.39. The Bertz CT molecular complexity index is 363. The molecule has 0 fully saturated rings. The fraction of sp³-hybridized carbons (Fsp3) is 0.417. The average Bonchev–Trinajstić information content (AvgIpc) is 2.21. The lowest BCUT2D eigenvalue weighted by Crippen LogP contribution is -2.49. The Balaban J connectivity index is 0.00000256. The summed E-state index contributed by atoms with van der Waals surface area (Å²) in [5.41, 5.74) is 6.12. The standard InChI is InChI=1S/C12H17ClN2O.ClH/c1-12(2,8-14)15-11(16)7-9-3-5-10(13)6-4-9;/h3-6H,7-8,14H2,1-2H3,(H,15,16);1H. The van der Waals surface area contributed by atoms with E-state index in [1.807, 2.05) is 26.0 Å². The molecule has 0 spiro atoms. The van der Waals surface area contributed by atoms with Gasteiger partial charge >= 0.3 is 0 Å². The Morgan fingerprint density at radius 3 is 2.35 bits per heavy atom. The Labute approximate surface area is 113 Å². The van der Waals surface area contributed by atoms with Gasteiger partial charge in [0.2, 0.25) is 5.91 Å². The van der Waals surface area contributed by atoms with Crippen LogP contribution in [0.1, 0.15) is 19.4 Å². The highest BCUT2D eigenvalue weighted by Crippen LogP contribution is 2.10. The second-order valence-electron chi connectivity index (χ2n) is 4.44. The molecule has 0 atom stereocenters. The van der Waals surface area contributed by atoms with Crippen LogP contribution in [0.15, 0.2) is 24.3 Å². The van der Waals surface area contributed by atoms with Gasteiger partial charge in [0.15, 0.2) is 0 Å². The number of benzene rings is 1. The maximum absolute atomic E-state index is 11.7. The minimum Gasteiger partial charge on any atom is -0.350 e. The molecular weight excluding hydrogens is 259 g/mol. The number of halogens is 2. The molecule has 0 saturated carbocycles. The summed E-state index contributed by atoms with van der Waals surface area (Å²) >= 11 is 5.76. The van der Waals surface area contributed by atoms with E-state index in [1.54, 1.807) is 12.1 Å². The van der Waals surface area contributed by atoms with Crippen molar-refractivity contribution in [2.24, 2.45) is 5.73 Å². The lowest BCUT2D eigenvalue weighted by Gasteiger charge is -2.24. The number of amides is 1. The summed E-state index contributed by atoms with van der Waals surface area (Å²) in [4.78, 5) is 11.7. The third kappa shape index (κ3) is 5.91. The van der Waals surface area contributed by atoms with Crippen LogP contribution >= 0.6 is 24.0 Å². The third-order valence-electron chi connectivity index (χ3n) is 2.27. The van der Waals surface area contributed by atoms with Gasteiger partial charge in [0, 0.05) is 17.1 Å². The number of nitrogens with two attached hydrogens (primary N) is 1. The van der Waals surface area contributed by atoms with Gasteiger partial charge in [-0.2, -0.15) is 0 Å². The number of carbonyl (C=O) groups excluding carboxylic acids is 1. The van der Waals surface area contributed by atoms with Crippen LogP contribution in [0.2, 0.25) is 5.02 Å². The van der Waals surface area contributed by atoms with Crippen LogP contribution in [0.3, 0.4) is 0 Å². The van der Waals surface area contributed by atoms with Crippen LogP contribution in [-0.2, 0) is 11.2 Å². The fourth-order valence-electron chi connectivity index (χ4n) is 1.26. The Kier molecular flexibility index (Phi) is 6.53. The lowest BCUT2D eigenvalue weighted by atomic mass is 10.1. The van der Waals surface area contributed by atoms with Crippen LogP contribution in [-0.4, -0.2) is 18.0 Å². The van der Waals surface area contributed by atoms with Crippen LogP contribution in [0.4, 0.5) is 0 Å². The highest BCUT2D eigenvalue weighted by molar-refractivity contribution is 6.30. The molecule has 1 amide bonds. The molecule has 0 aliphatic rings. The van der Waals surface area contributed by atoms with Gasteiger partial charge in [-0.15, -0.1) is 12.4 Å². The van der Waals surface area contributed by atoms with Gasteiger partial charge < -0.3 is 11.1 Å². The molecule has 96 valence electrons. The largest absolute Gasteiger partial charge is 0.350 e. The summed E-state index contributed by atoms with van der Waals surface area (Å²) in [5, 5.41) is 3.54. The molecular formula is C12H18Cl2N2O. The van der Waals surface area contributed by atoms with E-state index in [9.17, 15) is 4.79 Å². The zero-order valence-electron chi connectivity index (χ0n) is 10.00. The van der Waals surface area contributed by atoms with Crippen molar-refractivity contribution in [3.8, 4) is 0 Å². The highest BCUT2D eigenvalue weighted by Gasteiger charge is 2.17. The van der Waals surface area contributed by atoms with Gasteiger partial charge in [0.1, 0.15) is 0 Å². The molecule has 0 aliphatic carbocycles. The first-order valence-electron chi connectivity index (χ1n) is 5.18. The topological polar surface area (TPSA) is 55.1 Å². The molecule has 0 heterocycles. The first kappa shape index (κ1) is 16.2. The number of hydrogen-bond acceptors (Lipinski definition) is 2. The van der Waals surface area contributed by atoms with E-state index >= 15 is 0 Å². The van der Waals surface area contributed by atoms with Crippen molar-refractivity contribution in [1.29, 1.82) is 0 Å². The molecule has 0 unspecified atom stereocenters. The second-order valence-corrected chi connectivity index (χ2v) is 4.88. The maximum Gasteiger partial charge on any atom is 0.224 e. The Morgan fingerprint density at radius 1 is 1.35 bits per heavy atom. The van der Waals surface area contributed by atoms with E-state index in [1.165, 1.54) is 0 Å². The van der Waals surface area contributed by atoms with Crippen LogP contribution in [0, 0.1) is 0 Å². The van der Waals surface area contributed by atoms with E-state index in [0.29, 0.717) is 18.0 Å². The van der Waals surface area contributed by atoms with Crippen molar-refractivity contribution in [1.82, 2.24) is 5.32 Å². The van der Waals surface area contributed by atoms with E-state index in [-0.39, 0.29) is 23.9 Å². The number of nitrogens with one attached hydrogen (secondary N) is 1. The van der Waals surface area contributed by atoms with Gasteiger partial charge in [-0.25, -0.2) is 0 Å². The van der Waals surface area contributed by atoms with Crippen molar-refractivity contribution >= 4 is 29.9 Å². The second kappa shape index (κ2) is 6.84. The van der Waals surface area contributed by atoms with Gasteiger partial charge in [0.05, 0.1) is 6.42 Å². The maximum atomic E-state index is 11.7. The predicted octanol–water partition coefficient (Wildman–Crippen LogP) is 2.16. The Morgan fingerprint density at radius 2 is 1.88 bits per heavy atom. The van der Waals surface area contributed by atoms with E-state index < -0.39 is 0 Å². The van der Waals surface area contributed by atoms with Crippen molar-refractivity contribution in [3.63, 3.8) is 0 Å². The van der Waals surface area contributed by atoms with Crippen molar-refractivity contribution in [2.45, 2.75) is 25.8 Å². The summed E-state index contributed by atoms with van der Waals surface area (Å²) < 4.78 is 0. The summed E-state index contributed by atoms with van der Waals surface area (Å²) in [6.45, 7) is 4.21. The molecule has 0 aromatic heterocycles. The van der Waals surface area contributed by atoms with Gasteiger partial charge in [0.25, 0.3) is 0 Å². The van der Waals surface area contributed by atoms with Gasteiger partial charge in [-0.1, -0.05) is 23.7 Å². The molecule has 1 rings (SSSR count). The van der Waals surface area contributed by atoms with Crippen molar-refractivity contribution in [3.05, 3.63) is 34.9 Å². The quantitative estimate of drug-likeness (QED) is 0.886. The van der Waals surface area contributed by atoms with Crippen LogP contribution < -0.4 is 11.1 Å². The highest BCUT2D eigenvalue weighted by atomic mass is 35.5. The lowest BCUT2D eigenvalue weighted by molar-refractivity contribution is -0.121. The zero-order chi connectivity index (χ0) is 12.2. The molecule has 3 N–H and O–H groups in total. The molecule has 1 aromatic rings. The SMILES string of the molecule is CC(C)(CN)NC(=O)Cc1ccc(Cl)cc1.Cl. The Hall–Kier alpha value is -0.770. The summed E-state index contributed by atoms with van der Waals surface area (Å²) in [6, 6.07) is 7.24. The van der Waals surface area contributed by atoms with E-state index in [2.05, 4.69) is 5.32 Å². The molecule has 5 heteroatoms. The average molecular weight is 277 g/mol. The predicted molar refractivity (Wildman–Crippen MR) is 73.7 cm³/mol. The number of carbonyl (C=O) groups is 1. The van der Waals surface area contributed by atoms with E-state index in [0.717, 1.165) is 5.56 Å². The first-order valence-corrected chi connectivity index (χ1v) is 5.56.